The molecule has 0 spiro atoms. The van der Waals surface area contributed by atoms with E-state index in [9.17, 15) is 0 Å². The van der Waals surface area contributed by atoms with Gasteiger partial charge in [0.25, 0.3) is 0 Å². The first kappa shape index (κ1) is 35.6. The molecule has 0 amide bonds. The van der Waals surface area contributed by atoms with Crippen LogP contribution in [-0.4, -0.2) is 25.0 Å². The quantitative estimate of drug-likeness (QED) is 0.159. The topological polar surface area (TPSA) is 0 Å². The molecule has 270 valence electrons. The maximum atomic E-state index is 2.51. The third-order valence-corrected chi connectivity index (χ3v) is 14.4. The first-order valence-corrected chi connectivity index (χ1v) is 23.7. The van der Waals surface area contributed by atoms with E-state index in [1.165, 1.54) is 116 Å². The lowest BCUT2D eigenvalue weighted by molar-refractivity contribution is 1.24. The Hall–Kier alpha value is -4.84. The van der Waals surface area contributed by atoms with Crippen molar-refractivity contribution in [2.45, 2.75) is 19.6 Å². The summed E-state index contributed by atoms with van der Waals surface area (Å²) in [6.07, 6.45) is 8.82. The van der Waals surface area contributed by atoms with Crippen molar-refractivity contribution in [1.82, 2.24) is 0 Å². The highest BCUT2D eigenvalue weighted by Crippen LogP contribution is 2.42. The Morgan fingerprint density at radius 1 is 0.286 bits per heavy atom. The van der Waals surface area contributed by atoms with Gasteiger partial charge in [0.05, 0.1) is 0 Å². The van der Waals surface area contributed by atoms with Crippen molar-refractivity contribution < 1.29 is 0 Å². The number of thioether (sulfide) groups is 4. The van der Waals surface area contributed by atoms with Gasteiger partial charge in [-0.3, -0.25) is 0 Å². The number of hydrogen-bond acceptors (Lipinski definition) is 4. The van der Waals surface area contributed by atoms with Crippen LogP contribution in [-0.2, 0) is 0 Å². The molecule has 0 saturated carbocycles. The predicted molar refractivity (Wildman–Crippen MR) is 248 cm³/mol. The Kier molecular flexibility index (Phi) is 9.26. The van der Waals surface area contributed by atoms with Crippen molar-refractivity contribution in [3.63, 3.8) is 0 Å². The van der Waals surface area contributed by atoms with Crippen molar-refractivity contribution in [2.75, 3.05) is 25.0 Å². The van der Waals surface area contributed by atoms with E-state index in [0.29, 0.717) is 0 Å². The summed E-state index contributed by atoms with van der Waals surface area (Å²) in [7, 11) is 0. The second kappa shape index (κ2) is 14.6. The second-order valence-electron chi connectivity index (χ2n) is 14.2. The third-order valence-electron chi connectivity index (χ3n) is 11.4. The van der Waals surface area contributed by atoms with Gasteiger partial charge < -0.3 is 0 Å². The largest absolute Gasteiger partial charge is 0.130 e. The standard InChI is InChI=1S/C52H38S4/c1-53-32-22-23-41-38-17-8-7-16-37(38)39-18-11-12-20-42(39)52-48(43(41)26-32)27-33(54-2)28-49(52)45-30-51(56-4)47-29-44(45)40-19-10-9-15-36(40)35-14-6-5-13-34(35)31-21-24-50(55-3)46(47)25-31/h5-30H,1-4H3. The maximum absolute atomic E-state index is 2.51. The van der Waals surface area contributed by atoms with Crippen LogP contribution in [0.25, 0.3) is 54.2 Å². The molecule has 0 heterocycles. The normalized spacial score (nSPS) is 11.9. The van der Waals surface area contributed by atoms with E-state index in [0.717, 1.165) is 0 Å². The lowest BCUT2D eigenvalue weighted by atomic mass is 9.91. The van der Waals surface area contributed by atoms with E-state index in [1.54, 1.807) is 11.8 Å². The minimum Gasteiger partial charge on any atom is -0.130 e. The summed E-state index contributed by atoms with van der Waals surface area (Å²) in [6.45, 7) is 0. The Morgan fingerprint density at radius 3 is 1.48 bits per heavy atom. The van der Waals surface area contributed by atoms with Gasteiger partial charge in [-0.15, -0.1) is 47.0 Å². The highest BCUT2D eigenvalue weighted by molar-refractivity contribution is 7.99. The van der Waals surface area contributed by atoms with Gasteiger partial charge in [0.15, 0.2) is 0 Å². The molecule has 56 heavy (non-hydrogen) atoms. The predicted octanol–water partition coefficient (Wildman–Crippen LogP) is 14.9. The molecule has 0 nitrogen and oxygen atoms in total. The lowest BCUT2D eigenvalue weighted by Gasteiger charge is -2.16. The molecule has 0 radical (unpaired) electrons. The van der Waals surface area contributed by atoms with Crippen molar-refractivity contribution in [2.24, 2.45) is 0 Å². The van der Waals surface area contributed by atoms with Crippen LogP contribution in [0.2, 0.25) is 0 Å². The number of hydrogen-bond donors (Lipinski definition) is 0. The van der Waals surface area contributed by atoms with E-state index >= 15 is 0 Å². The second-order valence-corrected chi connectivity index (χ2v) is 17.7. The highest BCUT2D eigenvalue weighted by Gasteiger charge is 2.16. The summed E-state index contributed by atoms with van der Waals surface area (Å²) >= 11 is 7.30. The first-order valence-electron chi connectivity index (χ1n) is 18.8. The molecule has 0 N–H and O–H groups in total. The van der Waals surface area contributed by atoms with E-state index in [4.69, 9.17) is 0 Å². The van der Waals surface area contributed by atoms with Gasteiger partial charge in [-0.25, -0.2) is 0 Å². The molecule has 0 aliphatic heterocycles. The molecule has 0 saturated heterocycles. The average molecular weight is 791 g/mol. The smallest absolute Gasteiger partial charge is 0.0155 e. The van der Waals surface area contributed by atoms with Crippen molar-refractivity contribution in [3.05, 3.63) is 199 Å². The Morgan fingerprint density at radius 2 is 0.821 bits per heavy atom. The molecule has 9 aromatic rings. The molecule has 10 rings (SSSR count). The average Bonchev–Trinajstić information content (AvgIpc) is 3.27. The minimum atomic E-state index is 1.25. The van der Waals surface area contributed by atoms with Gasteiger partial charge in [-0.1, -0.05) is 109 Å². The van der Waals surface area contributed by atoms with Crippen LogP contribution >= 0.6 is 47.0 Å². The molecule has 0 atom stereocenters. The molecule has 9 aromatic carbocycles. The van der Waals surface area contributed by atoms with Gasteiger partial charge in [0, 0.05) is 19.6 Å². The summed E-state index contributed by atoms with van der Waals surface area (Å²) in [5.74, 6) is 0. The fraction of sp³-hybridized carbons (Fsp3) is 0.0769. The molecular formula is C52H38S4. The van der Waals surface area contributed by atoms with Gasteiger partial charge in [0.1, 0.15) is 0 Å². The summed E-state index contributed by atoms with van der Waals surface area (Å²) < 4.78 is 0. The zero-order chi connectivity index (χ0) is 37.9. The van der Waals surface area contributed by atoms with Crippen LogP contribution in [0, 0.1) is 41.7 Å². The van der Waals surface area contributed by atoms with Crippen LogP contribution < -0.4 is 0 Å². The summed E-state index contributed by atoms with van der Waals surface area (Å²) in [5.41, 5.74) is 2.51. The highest BCUT2D eigenvalue weighted by atomic mass is 32.2. The number of rotatable bonds is 5. The van der Waals surface area contributed by atoms with Crippen molar-refractivity contribution in [3.8, 4) is 11.1 Å². The SMILES string of the molecule is CSc1ccc2c(c1)=c1cc(SC)cc(-c3cc(SC)c4cc3c3ccccc3c3ccccc3c3ccc(SC)c4c3)c1=c1ccccc1=c1ccccc1=2. The molecular weight excluding hydrogens is 753 g/mol. The van der Waals surface area contributed by atoms with Crippen LogP contribution in [0.5, 0.6) is 0 Å². The Labute approximate surface area is 343 Å². The van der Waals surface area contributed by atoms with Crippen LogP contribution in [0.1, 0.15) is 0 Å². The molecule has 4 heteroatoms. The fourth-order valence-electron chi connectivity index (χ4n) is 8.86. The maximum Gasteiger partial charge on any atom is 0.0155 e. The fourth-order valence-corrected chi connectivity index (χ4v) is 11.0. The summed E-state index contributed by atoms with van der Waals surface area (Å²) in [5, 5.41) is 20.2. The Balaban J connectivity index is 1.58. The summed E-state index contributed by atoms with van der Waals surface area (Å²) in [4.78, 5) is 5.09. The van der Waals surface area contributed by atoms with Gasteiger partial charge in [-0.05, 0) is 170 Å². The van der Waals surface area contributed by atoms with E-state index in [-0.39, 0.29) is 0 Å². The van der Waals surface area contributed by atoms with Crippen LogP contribution in [0.3, 0.4) is 0 Å². The molecule has 4 bridgehead atoms. The van der Waals surface area contributed by atoms with Gasteiger partial charge >= 0.3 is 0 Å². The molecule has 1 aliphatic carbocycles. The Bertz CT molecular complexity index is 3540. The van der Waals surface area contributed by atoms with Crippen molar-refractivity contribution in [1.29, 1.82) is 0 Å². The van der Waals surface area contributed by atoms with Crippen LogP contribution in [0.4, 0.5) is 0 Å². The molecule has 0 aromatic heterocycles. The van der Waals surface area contributed by atoms with E-state index in [2.05, 4.69) is 183 Å². The molecule has 0 unspecified atom stereocenters. The monoisotopic (exact) mass is 790 g/mol. The number of fused-ring (bicyclic) bond motifs is 14. The van der Waals surface area contributed by atoms with Gasteiger partial charge in [0.2, 0.25) is 0 Å². The van der Waals surface area contributed by atoms with Crippen LogP contribution in [0.15, 0.2) is 177 Å². The summed E-state index contributed by atoms with van der Waals surface area (Å²) in [6, 6.07) is 60.0. The number of benzene rings is 8. The zero-order valence-corrected chi connectivity index (χ0v) is 34.9. The zero-order valence-electron chi connectivity index (χ0n) is 31.6. The third kappa shape index (κ3) is 5.72. The molecule has 1 aliphatic rings. The van der Waals surface area contributed by atoms with Crippen molar-refractivity contribution >= 4 is 90.1 Å². The lowest BCUT2D eigenvalue weighted by Crippen LogP contribution is -1.95. The molecule has 0 fully saturated rings. The first-order chi connectivity index (χ1) is 27.6. The minimum absolute atomic E-state index is 1.25. The van der Waals surface area contributed by atoms with E-state index in [1.807, 2.05) is 35.3 Å². The van der Waals surface area contributed by atoms with E-state index < -0.39 is 0 Å². The van der Waals surface area contributed by atoms with Gasteiger partial charge in [-0.2, -0.15) is 0 Å².